The van der Waals surface area contributed by atoms with E-state index in [-0.39, 0.29) is 35.7 Å². The van der Waals surface area contributed by atoms with E-state index < -0.39 is 0 Å². The monoisotopic (exact) mass is 927 g/mol. The number of benzene rings is 5. The topological polar surface area (TPSA) is 74.8 Å². The number of nitrogens with zero attached hydrogens (tertiary/aromatic N) is 2. The molecular weight excluding hydrogens is 845 g/mol. The lowest BCUT2D eigenvalue weighted by Gasteiger charge is -2.36. The summed E-state index contributed by atoms with van der Waals surface area (Å²) in [6, 6.07) is 14.0. The zero-order chi connectivity index (χ0) is 47.3. The fourth-order valence-electron chi connectivity index (χ4n) is 11.6. The number of unbranched alkanes of at least 4 members (excludes halogenated alkanes) is 19. The summed E-state index contributed by atoms with van der Waals surface area (Å²) in [5, 5.41) is 7.37. The van der Waals surface area contributed by atoms with E-state index in [0.717, 1.165) is 189 Å². The minimum absolute atomic E-state index is 0.123. The Hall–Kier alpha value is -3.97. The highest BCUT2D eigenvalue weighted by molar-refractivity contribution is 7.99. The fraction of sp³-hybridized carbons (Fsp3) is 0.600. The molecule has 362 valence electrons. The van der Waals surface area contributed by atoms with E-state index in [1.54, 1.807) is 9.80 Å². The van der Waals surface area contributed by atoms with Gasteiger partial charge < -0.3 is 0 Å². The number of fused-ring (bicyclic) bond motifs is 2. The molecule has 0 saturated heterocycles. The standard InChI is InChI=1S/C60H82N2O4S/c1-6-11-16-21-22-23-24-29-40-67-51-41-50-54-49(59(65)62(60(50)66)43(32-27-19-14-9-4)33-28-20-15-10-5)38-35-45-44-34-37-47-53-48(39-36-46(52(44)53)55(51)56(45)54)58(64)61(57(47)63)42(30-25-17-12-7-2)31-26-18-13-8-3/h34-39,41-43H,6-33,40H2,1-5H3. The molecule has 0 bridgehead atoms. The SMILES string of the molecule is CCCCCCCCCCSc1cc2c3c(ccc4c5ccc6c7c(ccc(c1c34)c75)C(=O)N(C(CCCCCC)CCCCCC)C6=O)C(=O)N(C(CCCCCC)CCCCCC)C2=O. The van der Waals surface area contributed by atoms with Crippen molar-refractivity contribution in [1.29, 1.82) is 0 Å². The molecule has 2 heterocycles. The number of carbonyl (C=O) groups is 4. The second-order valence-corrected chi connectivity index (χ2v) is 21.4. The van der Waals surface area contributed by atoms with Crippen molar-refractivity contribution in [3.63, 3.8) is 0 Å². The molecule has 7 heteroatoms. The maximum atomic E-state index is 15.2. The molecule has 0 saturated carbocycles. The highest BCUT2D eigenvalue weighted by Crippen LogP contribution is 2.50. The van der Waals surface area contributed by atoms with Crippen molar-refractivity contribution in [1.82, 2.24) is 9.80 Å². The first-order valence-electron chi connectivity index (χ1n) is 27.4. The molecule has 2 aliphatic rings. The number of thioether (sulfide) groups is 1. The van der Waals surface area contributed by atoms with Crippen LogP contribution < -0.4 is 0 Å². The molecule has 5 aromatic carbocycles. The molecule has 0 spiro atoms. The average molecular weight is 927 g/mol. The van der Waals surface area contributed by atoms with Crippen LogP contribution in [0.5, 0.6) is 0 Å². The number of amides is 4. The molecule has 0 aliphatic carbocycles. The lowest BCUT2D eigenvalue weighted by molar-refractivity contribution is 0.0501. The van der Waals surface area contributed by atoms with Gasteiger partial charge in [-0.1, -0.05) is 200 Å². The first-order chi connectivity index (χ1) is 32.8. The number of rotatable bonds is 32. The van der Waals surface area contributed by atoms with Crippen LogP contribution in [-0.4, -0.2) is 51.3 Å². The van der Waals surface area contributed by atoms with Crippen LogP contribution >= 0.6 is 11.8 Å². The van der Waals surface area contributed by atoms with E-state index in [1.165, 1.54) is 44.9 Å². The highest BCUT2D eigenvalue weighted by Gasteiger charge is 2.41. The van der Waals surface area contributed by atoms with E-state index >= 15 is 4.79 Å². The maximum Gasteiger partial charge on any atom is 0.261 e. The Kier molecular flexibility index (Phi) is 19.0. The summed E-state index contributed by atoms with van der Waals surface area (Å²) >= 11 is 1.83. The lowest BCUT2D eigenvalue weighted by atomic mass is 9.81. The first kappa shape index (κ1) is 50.9. The smallest absolute Gasteiger partial charge is 0.261 e. The number of carbonyl (C=O) groups excluding carboxylic acids is 4. The molecule has 0 radical (unpaired) electrons. The van der Waals surface area contributed by atoms with Gasteiger partial charge in [0, 0.05) is 60.8 Å². The van der Waals surface area contributed by atoms with Crippen molar-refractivity contribution in [3.05, 3.63) is 64.7 Å². The van der Waals surface area contributed by atoms with Gasteiger partial charge in [-0.15, -0.1) is 11.8 Å². The molecule has 6 nitrogen and oxygen atoms in total. The Labute approximate surface area is 407 Å². The van der Waals surface area contributed by atoms with Crippen molar-refractivity contribution in [2.75, 3.05) is 5.75 Å². The van der Waals surface area contributed by atoms with Crippen LogP contribution in [0.3, 0.4) is 0 Å². The summed E-state index contributed by atoms with van der Waals surface area (Å²) in [6.07, 6.45) is 31.0. The van der Waals surface area contributed by atoms with Crippen molar-refractivity contribution >= 4 is 78.5 Å². The van der Waals surface area contributed by atoms with Gasteiger partial charge in [0.1, 0.15) is 0 Å². The first-order valence-corrected chi connectivity index (χ1v) is 28.4. The fourth-order valence-corrected chi connectivity index (χ4v) is 12.7. The summed E-state index contributed by atoms with van der Waals surface area (Å²) in [6.45, 7) is 11.1. The van der Waals surface area contributed by atoms with Crippen LogP contribution in [0, 0.1) is 0 Å². The Morgan fingerprint density at radius 1 is 0.358 bits per heavy atom. The van der Waals surface area contributed by atoms with E-state index in [9.17, 15) is 14.4 Å². The van der Waals surface area contributed by atoms with Crippen LogP contribution in [0.4, 0.5) is 0 Å². The molecule has 0 fully saturated rings. The summed E-state index contributed by atoms with van der Waals surface area (Å²) in [5.74, 6) is 0.253. The van der Waals surface area contributed by atoms with Crippen LogP contribution in [0.15, 0.2) is 47.4 Å². The Morgan fingerprint density at radius 2 is 0.701 bits per heavy atom. The van der Waals surface area contributed by atoms with Gasteiger partial charge in [0.25, 0.3) is 23.6 Å². The molecule has 2 aliphatic heterocycles. The van der Waals surface area contributed by atoms with Crippen molar-refractivity contribution in [2.45, 2.75) is 231 Å². The maximum absolute atomic E-state index is 15.2. The molecule has 0 aromatic heterocycles. The van der Waals surface area contributed by atoms with Crippen LogP contribution in [-0.2, 0) is 0 Å². The van der Waals surface area contributed by atoms with Gasteiger partial charge in [0.15, 0.2) is 0 Å². The number of hydrogen-bond acceptors (Lipinski definition) is 5. The molecule has 0 unspecified atom stereocenters. The lowest BCUT2D eigenvalue weighted by Crippen LogP contribution is -2.47. The van der Waals surface area contributed by atoms with Gasteiger partial charge in [-0.25, -0.2) is 0 Å². The van der Waals surface area contributed by atoms with E-state index in [2.05, 4.69) is 58.9 Å². The molecule has 0 N–H and O–H groups in total. The second-order valence-electron chi connectivity index (χ2n) is 20.3. The van der Waals surface area contributed by atoms with E-state index in [4.69, 9.17) is 0 Å². The molecule has 4 amide bonds. The quantitative estimate of drug-likeness (QED) is 0.0141. The summed E-state index contributed by atoms with van der Waals surface area (Å²) in [5.41, 5.74) is 2.46. The third-order valence-corrected chi connectivity index (χ3v) is 16.4. The molecule has 5 aromatic rings. The normalized spacial score (nSPS) is 14.1. The average Bonchev–Trinajstić information content (AvgIpc) is 3.33. The predicted octanol–water partition coefficient (Wildman–Crippen LogP) is 17.8. The van der Waals surface area contributed by atoms with Gasteiger partial charge >= 0.3 is 0 Å². The van der Waals surface area contributed by atoms with Gasteiger partial charge in [0.05, 0.1) is 0 Å². The van der Waals surface area contributed by atoms with Gasteiger partial charge in [-0.2, -0.15) is 0 Å². The van der Waals surface area contributed by atoms with E-state index in [1.807, 2.05) is 30.0 Å². The van der Waals surface area contributed by atoms with Crippen LogP contribution in [0.1, 0.15) is 256 Å². The summed E-state index contributed by atoms with van der Waals surface area (Å²) < 4.78 is 0. The van der Waals surface area contributed by atoms with Gasteiger partial charge in [-0.05, 0) is 83.7 Å². The Morgan fingerprint density at radius 3 is 1.13 bits per heavy atom. The summed E-state index contributed by atoms with van der Waals surface area (Å²) in [4.78, 5) is 64.2. The van der Waals surface area contributed by atoms with Crippen LogP contribution in [0.25, 0.3) is 43.1 Å². The third-order valence-electron chi connectivity index (χ3n) is 15.3. The number of imide groups is 2. The second kappa shape index (κ2) is 25.1. The minimum atomic E-state index is -0.173. The predicted molar refractivity (Wildman–Crippen MR) is 285 cm³/mol. The molecule has 7 rings (SSSR count). The van der Waals surface area contributed by atoms with Crippen molar-refractivity contribution in [2.24, 2.45) is 0 Å². The van der Waals surface area contributed by atoms with E-state index in [0.29, 0.717) is 22.3 Å². The molecular formula is C60H82N2O4S. The van der Waals surface area contributed by atoms with Crippen molar-refractivity contribution in [3.8, 4) is 0 Å². The Balaban J connectivity index is 1.33. The molecule has 0 atom stereocenters. The zero-order valence-electron chi connectivity index (χ0n) is 42.1. The van der Waals surface area contributed by atoms with Crippen molar-refractivity contribution < 1.29 is 19.2 Å². The largest absolute Gasteiger partial charge is 0.271 e. The Bertz CT molecular complexity index is 2430. The summed E-state index contributed by atoms with van der Waals surface area (Å²) in [7, 11) is 0. The number of hydrogen-bond donors (Lipinski definition) is 0. The highest BCUT2D eigenvalue weighted by atomic mass is 32.2. The van der Waals surface area contributed by atoms with Crippen LogP contribution in [0.2, 0.25) is 0 Å². The van der Waals surface area contributed by atoms with Gasteiger partial charge in [0.2, 0.25) is 0 Å². The third kappa shape index (κ3) is 11.1. The zero-order valence-corrected chi connectivity index (χ0v) is 43.0. The molecule has 67 heavy (non-hydrogen) atoms. The van der Waals surface area contributed by atoms with Gasteiger partial charge in [-0.3, -0.25) is 29.0 Å². The minimum Gasteiger partial charge on any atom is -0.271 e.